The molecule has 0 spiro atoms. The van der Waals surface area contributed by atoms with Crippen LogP contribution in [0.4, 0.5) is 8.78 Å². The molecule has 1 aromatic heterocycles. The van der Waals surface area contributed by atoms with Gasteiger partial charge < -0.3 is 14.5 Å². The molecule has 0 aliphatic rings. The van der Waals surface area contributed by atoms with Gasteiger partial charge in [0.25, 0.3) is 5.91 Å². The lowest BCUT2D eigenvalue weighted by Crippen LogP contribution is -2.34. The predicted molar refractivity (Wildman–Crippen MR) is 80.5 cm³/mol. The molecule has 0 radical (unpaired) electrons. The molecule has 1 heterocycles. The van der Waals surface area contributed by atoms with Crippen molar-refractivity contribution in [1.82, 2.24) is 10.2 Å². The summed E-state index contributed by atoms with van der Waals surface area (Å²) in [5.74, 6) is 0.302. The van der Waals surface area contributed by atoms with Crippen molar-refractivity contribution in [3.8, 4) is 5.75 Å². The zero-order valence-corrected chi connectivity index (χ0v) is 12.8. The van der Waals surface area contributed by atoms with E-state index in [4.69, 9.17) is 4.42 Å². The second kappa shape index (κ2) is 7.73. The molecular formula is C16H18F2N2O3. The first-order chi connectivity index (χ1) is 11.0. The lowest BCUT2D eigenvalue weighted by atomic mass is 10.1. The Labute approximate surface area is 132 Å². The largest absolute Gasteiger partial charge is 0.468 e. The minimum atomic E-state index is -2.93. The molecular weight excluding hydrogens is 306 g/mol. The number of likely N-dealkylation sites (N-methyl/N-ethyl adjacent to an activating group) is 1. The van der Waals surface area contributed by atoms with E-state index in [0.717, 1.165) is 5.76 Å². The number of benzene rings is 1. The molecule has 2 rings (SSSR count). The third-order valence-electron chi connectivity index (χ3n) is 3.27. The van der Waals surface area contributed by atoms with Gasteiger partial charge in [0.15, 0.2) is 0 Å². The normalized spacial score (nSPS) is 12.4. The second-order valence-electron chi connectivity index (χ2n) is 5.11. The van der Waals surface area contributed by atoms with Gasteiger partial charge in [0.1, 0.15) is 11.5 Å². The average Bonchev–Trinajstić information content (AvgIpc) is 3.00. The molecule has 0 fully saturated rings. The molecule has 0 unspecified atom stereocenters. The van der Waals surface area contributed by atoms with Crippen molar-refractivity contribution in [2.75, 3.05) is 20.6 Å². The number of amides is 1. The Hall–Kier alpha value is -2.41. The molecule has 5 nitrogen and oxygen atoms in total. The molecule has 2 aromatic rings. The number of nitrogens with one attached hydrogen (secondary N) is 1. The van der Waals surface area contributed by atoms with Crippen LogP contribution >= 0.6 is 0 Å². The van der Waals surface area contributed by atoms with Crippen LogP contribution in [0.2, 0.25) is 0 Å². The number of carbonyl (C=O) groups excluding carboxylic acids is 1. The van der Waals surface area contributed by atoms with Gasteiger partial charge in [0.05, 0.1) is 12.3 Å². The summed E-state index contributed by atoms with van der Waals surface area (Å²) in [5, 5.41) is 2.77. The molecule has 23 heavy (non-hydrogen) atoms. The topological polar surface area (TPSA) is 54.7 Å². The highest BCUT2D eigenvalue weighted by atomic mass is 19.3. The van der Waals surface area contributed by atoms with Crippen LogP contribution in [-0.2, 0) is 0 Å². The quantitative estimate of drug-likeness (QED) is 0.851. The Morgan fingerprint density at radius 1 is 1.30 bits per heavy atom. The van der Waals surface area contributed by atoms with Crippen molar-refractivity contribution in [3.05, 3.63) is 54.0 Å². The van der Waals surface area contributed by atoms with Crippen LogP contribution in [0.25, 0.3) is 0 Å². The number of ether oxygens (including phenoxy) is 1. The van der Waals surface area contributed by atoms with Crippen molar-refractivity contribution in [2.24, 2.45) is 0 Å². The Balaban J connectivity index is 2.01. The molecule has 0 aliphatic carbocycles. The lowest BCUT2D eigenvalue weighted by Gasteiger charge is -2.22. The Morgan fingerprint density at radius 2 is 2.09 bits per heavy atom. The third-order valence-corrected chi connectivity index (χ3v) is 3.27. The zero-order chi connectivity index (χ0) is 16.8. The molecule has 1 N–H and O–H groups in total. The maximum atomic E-state index is 12.2. The Kier molecular flexibility index (Phi) is 5.70. The summed E-state index contributed by atoms with van der Waals surface area (Å²) < 4.78 is 34.1. The van der Waals surface area contributed by atoms with Gasteiger partial charge in [-0.3, -0.25) is 9.69 Å². The first kappa shape index (κ1) is 17.0. The molecule has 1 amide bonds. The molecule has 124 valence electrons. The number of alkyl halides is 2. The van der Waals surface area contributed by atoms with Gasteiger partial charge in [0, 0.05) is 12.1 Å². The molecule has 0 aliphatic heterocycles. The van der Waals surface area contributed by atoms with Crippen molar-refractivity contribution in [3.63, 3.8) is 0 Å². The summed E-state index contributed by atoms with van der Waals surface area (Å²) in [5.41, 5.74) is 0.250. The molecule has 0 bridgehead atoms. The summed E-state index contributed by atoms with van der Waals surface area (Å²) in [7, 11) is 3.74. The van der Waals surface area contributed by atoms with Crippen LogP contribution in [-0.4, -0.2) is 38.1 Å². The standard InChI is InChI=1S/C16H18F2N2O3/c1-20(2)13(14-7-4-8-22-14)10-19-15(21)11-5-3-6-12(9-11)23-16(17)18/h3-9,13,16H,10H2,1-2H3,(H,19,21)/t13-/m0/s1. The predicted octanol–water partition coefficient (Wildman–Crippen LogP) is 2.91. The van der Waals surface area contributed by atoms with Crippen molar-refractivity contribution in [2.45, 2.75) is 12.7 Å². The summed E-state index contributed by atoms with van der Waals surface area (Å²) in [6, 6.07) is 9.14. The third kappa shape index (κ3) is 4.79. The Bertz CT molecular complexity index is 630. The number of hydrogen-bond acceptors (Lipinski definition) is 4. The van der Waals surface area contributed by atoms with Gasteiger partial charge in [-0.1, -0.05) is 6.07 Å². The van der Waals surface area contributed by atoms with Gasteiger partial charge in [0.2, 0.25) is 0 Å². The fraction of sp³-hybridized carbons (Fsp3) is 0.312. The fourth-order valence-electron chi connectivity index (χ4n) is 2.12. The van der Waals surface area contributed by atoms with Crippen LogP contribution in [0.5, 0.6) is 5.75 Å². The van der Waals surface area contributed by atoms with Crippen molar-refractivity contribution < 1.29 is 22.7 Å². The van der Waals surface area contributed by atoms with Gasteiger partial charge in [-0.2, -0.15) is 8.78 Å². The summed E-state index contributed by atoms with van der Waals surface area (Å²) in [6.45, 7) is -2.61. The Morgan fingerprint density at radius 3 is 2.70 bits per heavy atom. The van der Waals surface area contributed by atoms with Crippen molar-refractivity contribution >= 4 is 5.91 Å². The van der Waals surface area contributed by atoms with E-state index in [0.29, 0.717) is 6.54 Å². The van der Waals surface area contributed by atoms with Crippen LogP contribution < -0.4 is 10.1 Å². The van der Waals surface area contributed by atoms with Crippen molar-refractivity contribution in [1.29, 1.82) is 0 Å². The molecule has 7 heteroatoms. The second-order valence-corrected chi connectivity index (χ2v) is 5.11. The smallest absolute Gasteiger partial charge is 0.387 e. The highest BCUT2D eigenvalue weighted by Gasteiger charge is 2.18. The van der Waals surface area contributed by atoms with Gasteiger partial charge in [-0.25, -0.2) is 0 Å². The van der Waals surface area contributed by atoms with Gasteiger partial charge in [-0.05, 0) is 44.4 Å². The minimum absolute atomic E-state index is 0.0529. The summed E-state index contributed by atoms with van der Waals surface area (Å²) >= 11 is 0. The monoisotopic (exact) mass is 324 g/mol. The van der Waals surface area contributed by atoms with E-state index >= 15 is 0 Å². The first-order valence-corrected chi connectivity index (χ1v) is 7.00. The molecule has 0 saturated heterocycles. The zero-order valence-electron chi connectivity index (χ0n) is 12.8. The highest BCUT2D eigenvalue weighted by molar-refractivity contribution is 5.94. The van der Waals surface area contributed by atoms with Gasteiger partial charge in [-0.15, -0.1) is 0 Å². The molecule has 0 saturated carbocycles. The minimum Gasteiger partial charge on any atom is -0.468 e. The number of halogens is 2. The van der Waals surface area contributed by atoms with Crippen LogP contribution in [0, 0.1) is 0 Å². The lowest BCUT2D eigenvalue weighted by molar-refractivity contribution is -0.0498. The van der Waals surface area contributed by atoms with E-state index in [9.17, 15) is 13.6 Å². The summed E-state index contributed by atoms with van der Waals surface area (Å²) in [6.07, 6.45) is 1.57. The van der Waals surface area contributed by atoms with E-state index in [1.54, 1.807) is 12.3 Å². The van der Waals surface area contributed by atoms with Crippen LogP contribution in [0.3, 0.4) is 0 Å². The van der Waals surface area contributed by atoms with E-state index in [1.807, 2.05) is 25.1 Å². The number of hydrogen-bond donors (Lipinski definition) is 1. The molecule has 1 aromatic carbocycles. The summed E-state index contributed by atoms with van der Waals surface area (Å²) in [4.78, 5) is 14.1. The van der Waals surface area contributed by atoms with Crippen LogP contribution in [0.1, 0.15) is 22.2 Å². The fourth-order valence-corrected chi connectivity index (χ4v) is 2.12. The average molecular weight is 324 g/mol. The number of nitrogens with zero attached hydrogens (tertiary/aromatic N) is 1. The molecule has 1 atom stereocenters. The van der Waals surface area contributed by atoms with E-state index in [2.05, 4.69) is 10.1 Å². The maximum Gasteiger partial charge on any atom is 0.387 e. The van der Waals surface area contributed by atoms with E-state index in [-0.39, 0.29) is 23.3 Å². The van der Waals surface area contributed by atoms with E-state index < -0.39 is 6.61 Å². The number of carbonyl (C=O) groups is 1. The van der Waals surface area contributed by atoms with Gasteiger partial charge >= 0.3 is 6.61 Å². The number of rotatable bonds is 7. The SMILES string of the molecule is CN(C)[C@@H](CNC(=O)c1cccc(OC(F)F)c1)c1ccco1. The van der Waals surface area contributed by atoms with Crippen LogP contribution in [0.15, 0.2) is 47.1 Å². The number of furan rings is 1. The first-order valence-electron chi connectivity index (χ1n) is 7.00. The van der Waals surface area contributed by atoms with E-state index in [1.165, 1.54) is 24.3 Å². The maximum absolute atomic E-state index is 12.2. The highest BCUT2D eigenvalue weighted by Crippen LogP contribution is 2.19.